The van der Waals surface area contributed by atoms with Crippen LogP contribution in [0.25, 0.3) is 0 Å². The Morgan fingerprint density at radius 3 is 2.46 bits per heavy atom. The molecule has 0 spiro atoms. The summed E-state index contributed by atoms with van der Waals surface area (Å²) in [6.45, 7) is 7.37. The molecule has 0 bridgehead atoms. The molecule has 1 aromatic heterocycles. The van der Waals surface area contributed by atoms with Crippen molar-refractivity contribution in [3.8, 4) is 5.75 Å². The van der Waals surface area contributed by atoms with E-state index in [1.807, 2.05) is 56.3 Å². The molecule has 0 radical (unpaired) electrons. The zero-order valence-electron chi connectivity index (χ0n) is 20.2. The Balaban J connectivity index is 1.37. The highest BCUT2D eigenvalue weighted by atomic mass is 35.5. The Hall–Kier alpha value is -2.97. The highest BCUT2D eigenvalue weighted by molar-refractivity contribution is 7.98. The number of aromatic nitrogens is 2. The van der Waals surface area contributed by atoms with E-state index in [-0.39, 0.29) is 11.9 Å². The van der Waals surface area contributed by atoms with Gasteiger partial charge in [-0.3, -0.25) is 4.79 Å². The molecular formula is C26H30ClN5O2S. The van der Waals surface area contributed by atoms with Crippen molar-refractivity contribution in [2.75, 3.05) is 43.1 Å². The maximum absolute atomic E-state index is 12.3. The molecule has 7 nitrogen and oxygen atoms in total. The zero-order valence-corrected chi connectivity index (χ0v) is 21.8. The number of carbonyl (C=O) groups is 1. The lowest BCUT2D eigenvalue weighted by molar-refractivity contribution is 0.0943. The molecular weight excluding hydrogens is 482 g/mol. The Kier molecular flexibility index (Phi) is 8.36. The van der Waals surface area contributed by atoms with Gasteiger partial charge >= 0.3 is 0 Å². The van der Waals surface area contributed by atoms with Gasteiger partial charge in [-0.1, -0.05) is 35.5 Å². The van der Waals surface area contributed by atoms with Gasteiger partial charge in [-0.05, 0) is 55.8 Å². The first-order valence-electron chi connectivity index (χ1n) is 11.6. The van der Waals surface area contributed by atoms with Crippen LogP contribution in [0.1, 0.15) is 29.8 Å². The van der Waals surface area contributed by atoms with E-state index >= 15 is 0 Å². The fraction of sp³-hybridized carbons (Fsp3) is 0.346. The second-order valence-corrected chi connectivity index (χ2v) is 9.95. The van der Waals surface area contributed by atoms with Gasteiger partial charge in [0.1, 0.15) is 16.7 Å². The van der Waals surface area contributed by atoms with Crippen LogP contribution in [0.2, 0.25) is 5.15 Å². The number of hydrogen-bond acceptors (Lipinski definition) is 7. The summed E-state index contributed by atoms with van der Waals surface area (Å²) in [6.07, 6.45) is 0. The Bertz CT molecular complexity index is 1150. The smallest absolute Gasteiger partial charge is 0.251 e. The molecule has 1 aliphatic heterocycles. The molecule has 1 saturated heterocycles. The molecule has 184 valence electrons. The van der Waals surface area contributed by atoms with E-state index in [4.69, 9.17) is 21.3 Å². The molecule has 4 rings (SSSR count). The summed E-state index contributed by atoms with van der Waals surface area (Å²) in [4.78, 5) is 26.1. The van der Waals surface area contributed by atoms with Crippen LogP contribution < -0.4 is 19.9 Å². The molecule has 1 N–H and O–H groups in total. The summed E-state index contributed by atoms with van der Waals surface area (Å²) in [5, 5.41) is 3.99. The second-order valence-electron chi connectivity index (χ2n) is 8.62. The van der Waals surface area contributed by atoms with E-state index < -0.39 is 0 Å². The lowest BCUT2D eigenvalue weighted by Gasteiger charge is -2.36. The number of nitrogens with one attached hydrogen (secondary N) is 1. The van der Waals surface area contributed by atoms with Crippen LogP contribution in [0.3, 0.4) is 0 Å². The van der Waals surface area contributed by atoms with Crippen LogP contribution in [0.4, 0.5) is 11.5 Å². The monoisotopic (exact) mass is 511 g/mol. The number of ether oxygens (including phenoxy) is 1. The minimum Gasteiger partial charge on any atom is -0.497 e. The predicted octanol–water partition coefficient (Wildman–Crippen LogP) is 4.90. The van der Waals surface area contributed by atoms with E-state index in [0.717, 1.165) is 43.3 Å². The van der Waals surface area contributed by atoms with Gasteiger partial charge in [0, 0.05) is 55.3 Å². The summed E-state index contributed by atoms with van der Waals surface area (Å²) in [5.41, 5.74) is 2.87. The molecule has 1 fully saturated rings. The first-order chi connectivity index (χ1) is 16.9. The van der Waals surface area contributed by atoms with E-state index in [1.54, 1.807) is 7.11 Å². The Labute approximate surface area is 215 Å². The minimum atomic E-state index is -0.0677. The molecule has 0 atom stereocenters. The molecule has 0 unspecified atom stereocenters. The maximum Gasteiger partial charge on any atom is 0.251 e. The van der Waals surface area contributed by atoms with E-state index in [1.165, 1.54) is 17.4 Å². The lowest BCUT2D eigenvalue weighted by Crippen LogP contribution is -2.46. The number of methoxy groups -OCH3 is 1. The molecule has 1 aliphatic rings. The number of piperazine rings is 1. The highest BCUT2D eigenvalue weighted by Gasteiger charge is 2.20. The molecule has 1 amide bonds. The second kappa shape index (κ2) is 11.6. The normalized spacial score (nSPS) is 13.7. The van der Waals surface area contributed by atoms with Crippen molar-refractivity contribution in [1.29, 1.82) is 0 Å². The van der Waals surface area contributed by atoms with Crippen molar-refractivity contribution in [2.45, 2.75) is 30.8 Å². The van der Waals surface area contributed by atoms with Gasteiger partial charge in [0.2, 0.25) is 0 Å². The highest BCUT2D eigenvalue weighted by Crippen LogP contribution is 2.27. The van der Waals surface area contributed by atoms with Crippen molar-refractivity contribution in [1.82, 2.24) is 15.3 Å². The fourth-order valence-electron chi connectivity index (χ4n) is 3.89. The summed E-state index contributed by atoms with van der Waals surface area (Å²) in [5.74, 6) is 2.28. The van der Waals surface area contributed by atoms with Gasteiger partial charge in [-0.25, -0.2) is 9.97 Å². The van der Waals surface area contributed by atoms with Gasteiger partial charge in [0.05, 0.1) is 7.11 Å². The molecule has 9 heteroatoms. The largest absolute Gasteiger partial charge is 0.497 e. The third-order valence-corrected chi connectivity index (χ3v) is 6.79. The molecule has 35 heavy (non-hydrogen) atoms. The number of anilines is 2. The van der Waals surface area contributed by atoms with Crippen LogP contribution >= 0.6 is 23.4 Å². The number of halogens is 1. The van der Waals surface area contributed by atoms with Gasteiger partial charge in [0.25, 0.3) is 5.91 Å². The number of thioether (sulfide) groups is 1. The van der Waals surface area contributed by atoms with E-state index in [0.29, 0.717) is 21.6 Å². The topological polar surface area (TPSA) is 70.6 Å². The first-order valence-corrected chi connectivity index (χ1v) is 13.0. The molecule has 0 aliphatic carbocycles. The molecule has 2 heterocycles. The number of carbonyl (C=O) groups excluding carboxylic acids is 1. The third kappa shape index (κ3) is 6.80. The quantitative estimate of drug-likeness (QED) is 0.262. The van der Waals surface area contributed by atoms with Crippen LogP contribution in [-0.2, 0) is 5.75 Å². The molecule has 3 aromatic rings. The van der Waals surface area contributed by atoms with Crippen LogP contribution in [0.15, 0.2) is 59.8 Å². The lowest BCUT2D eigenvalue weighted by atomic mass is 10.1. The van der Waals surface area contributed by atoms with E-state index in [2.05, 4.69) is 32.2 Å². The van der Waals surface area contributed by atoms with Crippen molar-refractivity contribution >= 4 is 40.8 Å². The fourth-order valence-corrected chi connectivity index (χ4v) is 4.92. The minimum absolute atomic E-state index is 0.0677. The summed E-state index contributed by atoms with van der Waals surface area (Å²) in [6, 6.07) is 17.7. The maximum atomic E-state index is 12.3. The summed E-state index contributed by atoms with van der Waals surface area (Å²) in [7, 11) is 1.68. The summed E-state index contributed by atoms with van der Waals surface area (Å²) >= 11 is 7.87. The van der Waals surface area contributed by atoms with Gasteiger partial charge < -0.3 is 19.9 Å². The third-order valence-electron chi connectivity index (χ3n) is 5.68. The van der Waals surface area contributed by atoms with Crippen LogP contribution in [0.5, 0.6) is 5.75 Å². The zero-order chi connectivity index (χ0) is 24.8. The SMILES string of the molecule is COc1ccc(N2CCN(c3cc(Cl)nc(SCc4cccc(C(=O)NC(C)C)c4)n3)CC2)cc1. The van der Waals surface area contributed by atoms with Crippen molar-refractivity contribution in [3.63, 3.8) is 0 Å². The van der Waals surface area contributed by atoms with Crippen molar-refractivity contribution in [2.24, 2.45) is 0 Å². The Morgan fingerprint density at radius 2 is 1.77 bits per heavy atom. The van der Waals surface area contributed by atoms with Gasteiger partial charge in [0.15, 0.2) is 5.16 Å². The van der Waals surface area contributed by atoms with Crippen molar-refractivity contribution < 1.29 is 9.53 Å². The average Bonchev–Trinajstić information content (AvgIpc) is 2.87. The molecule has 2 aromatic carbocycles. The van der Waals surface area contributed by atoms with Crippen LogP contribution in [0, 0.1) is 0 Å². The standard InChI is InChI=1S/C26H30ClN5O2S/c1-18(2)28-25(33)20-6-4-5-19(15-20)17-35-26-29-23(27)16-24(30-26)32-13-11-31(12-14-32)21-7-9-22(34-3)10-8-21/h4-10,15-16,18H,11-14,17H2,1-3H3,(H,28,33). The number of hydrogen-bond donors (Lipinski definition) is 1. The van der Waals surface area contributed by atoms with Crippen molar-refractivity contribution in [3.05, 3.63) is 70.9 Å². The predicted molar refractivity (Wildman–Crippen MR) is 143 cm³/mol. The Morgan fingerprint density at radius 1 is 1.06 bits per heavy atom. The van der Waals surface area contributed by atoms with E-state index in [9.17, 15) is 4.79 Å². The number of amides is 1. The van der Waals surface area contributed by atoms with Gasteiger partial charge in [-0.2, -0.15) is 0 Å². The summed E-state index contributed by atoms with van der Waals surface area (Å²) < 4.78 is 5.26. The van der Waals surface area contributed by atoms with Gasteiger partial charge in [-0.15, -0.1) is 0 Å². The number of rotatable bonds is 8. The molecule has 0 saturated carbocycles. The average molecular weight is 512 g/mol. The number of benzene rings is 2. The number of nitrogens with zero attached hydrogens (tertiary/aromatic N) is 4. The van der Waals surface area contributed by atoms with Crippen LogP contribution in [-0.4, -0.2) is 55.2 Å². The first kappa shape index (κ1) is 25.1.